The smallest absolute Gasteiger partial charge is 0.287 e. The summed E-state index contributed by atoms with van der Waals surface area (Å²) in [5.41, 5.74) is 5.03. The third kappa shape index (κ3) is 3.38. The number of amides is 1. The maximum absolute atomic E-state index is 12.8. The van der Waals surface area contributed by atoms with E-state index in [0.29, 0.717) is 12.3 Å². The maximum atomic E-state index is 12.8. The van der Waals surface area contributed by atoms with E-state index in [1.807, 2.05) is 35.9 Å². The van der Waals surface area contributed by atoms with E-state index in [0.717, 1.165) is 58.9 Å². The first-order valence-corrected chi connectivity index (χ1v) is 10.7. The van der Waals surface area contributed by atoms with Gasteiger partial charge in [-0.2, -0.15) is 5.10 Å². The van der Waals surface area contributed by atoms with Crippen molar-refractivity contribution in [2.24, 2.45) is 0 Å². The van der Waals surface area contributed by atoms with Gasteiger partial charge in [-0.25, -0.2) is 0 Å². The highest BCUT2D eigenvalue weighted by atomic mass is 35.5. The highest BCUT2D eigenvalue weighted by Crippen LogP contribution is 2.38. The number of nitrogens with zero attached hydrogens (tertiary/aromatic N) is 2. The van der Waals surface area contributed by atoms with Crippen LogP contribution in [0.4, 0.5) is 0 Å². The first-order valence-electron chi connectivity index (χ1n) is 10.3. The molecule has 29 heavy (non-hydrogen) atoms. The zero-order chi connectivity index (χ0) is 20.0. The van der Waals surface area contributed by atoms with Crippen molar-refractivity contribution >= 4 is 17.5 Å². The van der Waals surface area contributed by atoms with Gasteiger partial charge in [0.25, 0.3) is 5.91 Å². The molecule has 5 rings (SSSR count). The molecule has 2 aliphatic rings. The fraction of sp³-hybridized carbons (Fsp3) is 0.391. The van der Waals surface area contributed by atoms with E-state index in [2.05, 4.69) is 11.5 Å². The number of carbonyl (C=O) groups excluding carboxylic acids is 1. The Kier molecular flexibility index (Phi) is 4.70. The quantitative estimate of drug-likeness (QED) is 0.665. The first kappa shape index (κ1) is 18.5. The van der Waals surface area contributed by atoms with Crippen LogP contribution in [0.5, 0.6) is 0 Å². The second-order valence-corrected chi connectivity index (χ2v) is 8.51. The third-order valence-corrected chi connectivity index (χ3v) is 6.47. The van der Waals surface area contributed by atoms with Crippen LogP contribution in [0.2, 0.25) is 5.02 Å². The van der Waals surface area contributed by atoms with E-state index in [1.165, 1.54) is 18.4 Å². The van der Waals surface area contributed by atoms with Crippen LogP contribution in [0.25, 0.3) is 11.3 Å². The van der Waals surface area contributed by atoms with Crippen LogP contribution >= 0.6 is 11.6 Å². The SMILES string of the molecule is Cc1c(C(=O)NC2CCCC2)oc2c1-c1nn(Cc3ccccc3Cl)cc1CC2. The lowest BCUT2D eigenvalue weighted by Gasteiger charge is -2.10. The minimum absolute atomic E-state index is 0.0964. The highest BCUT2D eigenvalue weighted by molar-refractivity contribution is 6.31. The van der Waals surface area contributed by atoms with Crippen molar-refractivity contribution in [2.45, 2.75) is 58.0 Å². The van der Waals surface area contributed by atoms with Gasteiger partial charge >= 0.3 is 0 Å². The van der Waals surface area contributed by atoms with E-state index in [-0.39, 0.29) is 11.9 Å². The number of fused-ring (bicyclic) bond motifs is 3. The molecule has 0 radical (unpaired) electrons. The Balaban J connectivity index is 1.44. The number of hydrogen-bond donors (Lipinski definition) is 1. The van der Waals surface area contributed by atoms with Crippen molar-refractivity contribution < 1.29 is 9.21 Å². The van der Waals surface area contributed by atoms with Gasteiger partial charge in [-0.3, -0.25) is 9.48 Å². The molecule has 150 valence electrons. The normalized spacial score (nSPS) is 15.9. The lowest BCUT2D eigenvalue weighted by molar-refractivity contribution is 0.0907. The summed E-state index contributed by atoms with van der Waals surface area (Å²) in [5, 5.41) is 8.71. The number of aromatic nitrogens is 2. The molecule has 1 fully saturated rings. The summed E-state index contributed by atoms with van der Waals surface area (Å²) in [7, 11) is 0. The predicted molar refractivity (Wildman–Crippen MR) is 112 cm³/mol. The molecule has 2 aromatic heterocycles. The van der Waals surface area contributed by atoms with Crippen molar-refractivity contribution in [3.8, 4) is 11.3 Å². The van der Waals surface area contributed by atoms with Crippen molar-refractivity contribution in [3.05, 3.63) is 63.7 Å². The standard InChI is InChI=1S/C23H24ClN3O2/c1-14-20-19(29-22(14)23(28)25-17-7-3-4-8-17)11-10-16-13-27(26-21(16)20)12-15-6-2-5-9-18(15)24/h2,5-6,9,13,17H,3-4,7-8,10-12H2,1H3,(H,25,28). The molecule has 1 N–H and O–H groups in total. The van der Waals surface area contributed by atoms with Crippen LogP contribution in [-0.2, 0) is 19.4 Å². The number of halogens is 1. The van der Waals surface area contributed by atoms with Crippen molar-refractivity contribution in [3.63, 3.8) is 0 Å². The zero-order valence-electron chi connectivity index (χ0n) is 16.5. The largest absolute Gasteiger partial charge is 0.455 e. The monoisotopic (exact) mass is 409 g/mol. The second-order valence-electron chi connectivity index (χ2n) is 8.10. The summed E-state index contributed by atoms with van der Waals surface area (Å²) in [4.78, 5) is 12.8. The molecular weight excluding hydrogens is 386 g/mol. The Morgan fingerprint density at radius 3 is 2.86 bits per heavy atom. The molecule has 1 amide bonds. The minimum atomic E-state index is -0.0964. The van der Waals surface area contributed by atoms with Crippen LogP contribution in [0.1, 0.15) is 58.7 Å². The Labute approximate surface area is 175 Å². The average Bonchev–Trinajstić information content (AvgIpc) is 3.42. The summed E-state index contributed by atoms with van der Waals surface area (Å²) in [5.74, 6) is 1.21. The van der Waals surface area contributed by atoms with Gasteiger partial charge in [-0.1, -0.05) is 42.6 Å². The molecule has 0 unspecified atom stereocenters. The molecule has 1 aromatic carbocycles. The fourth-order valence-corrected chi connectivity index (χ4v) is 4.78. The Morgan fingerprint density at radius 1 is 1.28 bits per heavy atom. The molecule has 0 atom stereocenters. The van der Waals surface area contributed by atoms with Crippen molar-refractivity contribution in [1.82, 2.24) is 15.1 Å². The van der Waals surface area contributed by atoms with Crippen LogP contribution in [-0.4, -0.2) is 21.7 Å². The summed E-state index contributed by atoms with van der Waals surface area (Å²) in [6, 6.07) is 8.10. The van der Waals surface area contributed by atoms with E-state index < -0.39 is 0 Å². The average molecular weight is 410 g/mol. The zero-order valence-corrected chi connectivity index (χ0v) is 17.3. The first-order chi connectivity index (χ1) is 14.1. The van der Waals surface area contributed by atoms with Gasteiger partial charge in [0.15, 0.2) is 5.76 Å². The van der Waals surface area contributed by atoms with Crippen LogP contribution in [0, 0.1) is 6.92 Å². The molecule has 5 nitrogen and oxygen atoms in total. The van der Waals surface area contributed by atoms with Crippen LogP contribution in [0.15, 0.2) is 34.9 Å². The molecule has 0 aliphatic heterocycles. The number of rotatable bonds is 4. The molecule has 1 saturated carbocycles. The van der Waals surface area contributed by atoms with E-state index in [4.69, 9.17) is 21.1 Å². The van der Waals surface area contributed by atoms with Gasteiger partial charge < -0.3 is 9.73 Å². The van der Waals surface area contributed by atoms with E-state index >= 15 is 0 Å². The van der Waals surface area contributed by atoms with Gasteiger partial charge in [-0.05, 0) is 43.4 Å². The minimum Gasteiger partial charge on any atom is -0.455 e. The molecule has 0 saturated heterocycles. The number of benzene rings is 1. The Bertz CT molecular complexity index is 1080. The number of carbonyl (C=O) groups is 1. The van der Waals surface area contributed by atoms with Gasteiger partial charge in [0.2, 0.25) is 0 Å². The number of furan rings is 1. The molecule has 6 heteroatoms. The van der Waals surface area contributed by atoms with E-state index in [9.17, 15) is 4.79 Å². The molecule has 3 aromatic rings. The Morgan fingerprint density at radius 2 is 2.07 bits per heavy atom. The summed E-state index contributed by atoms with van der Waals surface area (Å²) in [6.07, 6.45) is 8.23. The van der Waals surface area contributed by atoms with Crippen molar-refractivity contribution in [1.29, 1.82) is 0 Å². The molecular formula is C23H24ClN3O2. The van der Waals surface area contributed by atoms with Gasteiger partial charge in [0.1, 0.15) is 5.76 Å². The van der Waals surface area contributed by atoms with E-state index in [1.54, 1.807) is 0 Å². The van der Waals surface area contributed by atoms with Crippen molar-refractivity contribution in [2.75, 3.05) is 0 Å². The molecule has 0 spiro atoms. The van der Waals surface area contributed by atoms with Crippen LogP contribution in [0.3, 0.4) is 0 Å². The maximum Gasteiger partial charge on any atom is 0.287 e. The second kappa shape index (κ2) is 7.38. The van der Waals surface area contributed by atoms with Gasteiger partial charge in [0, 0.05) is 34.8 Å². The van der Waals surface area contributed by atoms with Crippen LogP contribution < -0.4 is 5.32 Å². The fourth-order valence-electron chi connectivity index (χ4n) is 4.58. The topological polar surface area (TPSA) is 60.1 Å². The molecule has 2 heterocycles. The number of hydrogen-bond acceptors (Lipinski definition) is 3. The Hall–Kier alpha value is -2.53. The van der Waals surface area contributed by atoms with Gasteiger partial charge in [0.05, 0.1) is 12.2 Å². The number of nitrogens with one attached hydrogen (secondary N) is 1. The lowest BCUT2D eigenvalue weighted by Crippen LogP contribution is -2.32. The summed E-state index contributed by atoms with van der Waals surface area (Å²) >= 11 is 6.31. The predicted octanol–water partition coefficient (Wildman–Crippen LogP) is 4.92. The lowest BCUT2D eigenvalue weighted by atomic mass is 9.93. The summed E-state index contributed by atoms with van der Waals surface area (Å²) in [6.45, 7) is 2.59. The molecule has 0 bridgehead atoms. The number of aryl methyl sites for hydroxylation is 2. The third-order valence-electron chi connectivity index (χ3n) is 6.10. The van der Waals surface area contributed by atoms with Gasteiger partial charge in [-0.15, -0.1) is 0 Å². The summed E-state index contributed by atoms with van der Waals surface area (Å²) < 4.78 is 7.97. The highest BCUT2D eigenvalue weighted by Gasteiger charge is 2.30. The molecule has 2 aliphatic carbocycles.